The quantitative estimate of drug-likeness (QED) is 0.907. The molecule has 0 amide bonds. The number of benzene rings is 2. The van der Waals surface area contributed by atoms with E-state index >= 15 is 0 Å². The largest absolute Gasteiger partial charge is 0.380 e. The number of hydrogen-bond acceptors (Lipinski definition) is 2. The van der Waals surface area contributed by atoms with Crippen LogP contribution >= 0.6 is 0 Å². The van der Waals surface area contributed by atoms with Gasteiger partial charge in [0.2, 0.25) is 0 Å². The molecule has 0 radical (unpaired) electrons. The Morgan fingerprint density at radius 1 is 1.00 bits per heavy atom. The minimum Gasteiger partial charge on any atom is -0.380 e. The van der Waals surface area contributed by atoms with Crippen LogP contribution in [0.5, 0.6) is 0 Å². The second-order valence-electron chi connectivity index (χ2n) is 5.78. The molecule has 2 aromatic carbocycles. The molecule has 1 heterocycles. The summed E-state index contributed by atoms with van der Waals surface area (Å²) in [5.41, 5.74) is 3.80. The van der Waals surface area contributed by atoms with Gasteiger partial charge in [-0.25, -0.2) is 0 Å². The van der Waals surface area contributed by atoms with Crippen LogP contribution in [0.25, 0.3) is 11.1 Å². The van der Waals surface area contributed by atoms with E-state index in [0.29, 0.717) is 12.1 Å². The van der Waals surface area contributed by atoms with Crippen molar-refractivity contribution < 1.29 is 0 Å². The van der Waals surface area contributed by atoms with Crippen molar-refractivity contribution >= 4 is 5.69 Å². The average molecular weight is 266 g/mol. The highest BCUT2D eigenvalue weighted by atomic mass is 15.2. The maximum atomic E-state index is 3.73. The highest BCUT2D eigenvalue weighted by molar-refractivity contribution is 5.77. The summed E-state index contributed by atoms with van der Waals surface area (Å²) < 4.78 is 0. The Labute approximate surface area is 121 Å². The number of anilines is 1. The van der Waals surface area contributed by atoms with Gasteiger partial charge in [0.15, 0.2) is 0 Å². The number of para-hydroxylation sites is 1. The van der Waals surface area contributed by atoms with Crippen LogP contribution < -0.4 is 5.32 Å². The van der Waals surface area contributed by atoms with E-state index in [1.165, 1.54) is 23.2 Å². The molecule has 1 saturated heterocycles. The molecule has 0 aliphatic carbocycles. The van der Waals surface area contributed by atoms with Crippen molar-refractivity contribution in [1.82, 2.24) is 4.90 Å². The van der Waals surface area contributed by atoms with Gasteiger partial charge in [0, 0.05) is 29.9 Å². The summed E-state index contributed by atoms with van der Waals surface area (Å²) in [7, 11) is 2.20. The average Bonchev–Trinajstić information content (AvgIpc) is 2.79. The molecule has 1 N–H and O–H groups in total. The van der Waals surface area contributed by atoms with Crippen molar-refractivity contribution in [2.75, 3.05) is 18.9 Å². The molecule has 0 spiro atoms. The maximum Gasteiger partial charge on any atom is 0.0422 e. The van der Waals surface area contributed by atoms with Crippen LogP contribution in [0, 0.1) is 0 Å². The SMILES string of the molecule is CC1CC(Nc2ccccc2-c2ccccc2)CN1C. The van der Waals surface area contributed by atoms with Crippen molar-refractivity contribution in [1.29, 1.82) is 0 Å². The van der Waals surface area contributed by atoms with Crippen LogP contribution in [-0.4, -0.2) is 30.6 Å². The summed E-state index contributed by atoms with van der Waals surface area (Å²) in [5, 5.41) is 3.73. The first-order chi connectivity index (χ1) is 9.74. The molecular weight excluding hydrogens is 244 g/mol. The standard InChI is InChI=1S/C18H22N2/c1-14-12-16(13-20(14)2)19-18-11-7-6-10-17(18)15-8-4-3-5-9-15/h3-11,14,16,19H,12-13H2,1-2H3. The minimum atomic E-state index is 0.542. The Morgan fingerprint density at radius 3 is 2.40 bits per heavy atom. The highest BCUT2D eigenvalue weighted by Gasteiger charge is 2.26. The van der Waals surface area contributed by atoms with E-state index in [9.17, 15) is 0 Å². The lowest BCUT2D eigenvalue weighted by Crippen LogP contribution is -2.25. The normalized spacial score (nSPS) is 22.9. The molecule has 1 fully saturated rings. The van der Waals surface area contributed by atoms with E-state index in [1.54, 1.807) is 0 Å². The van der Waals surface area contributed by atoms with Gasteiger partial charge in [-0.05, 0) is 32.0 Å². The van der Waals surface area contributed by atoms with E-state index in [1.807, 2.05) is 0 Å². The fraction of sp³-hybridized carbons (Fsp3) is 0.333. The van der Waals surface area contributed by atoms with Gasteiger partial charge in [-0.15, -0.1) is 0 Å². The molecule has 104 valence electrons. The number of rotatable bonds is 3. The van der Waals surface area contributed by atoms with Crippen LogP contribution in [0.3, 0.4) is 0 Å². The zero-order valence-electron chi connectivity index (χ0n) is 12.2. The van der Waals surface area contributed by atoms with Crippen LogP contribution in [0.1, 0.15) is 13.3 Å². The Hall–Kier alpha value is -1.80. The first kappa shape index (κ1) is 13.2. The molecule has 1 aliphatic rings. The molecule has 0 bridgehead atoms. The van der Waals surface area contributed by atoms with Crippen molar-refractivity contribution in [2.45, 2.75) is 25.4 Å². The molecule has 0 aromatic heterocycles. The topological polar surface area (TPSA) is 15.3 Å². The first-order valence-corrected chi connectivity index (χ1v) is 7.35. The van der Waals surface area contributed by atoms with Crippen LogP contribution in [-0.2, 0) is 0 Å². The third-order valence-corrected chi connectivity index (χ3v) is 4.26. The van der Waals surface area contributed by atoms with Crippen LogP contribution in [0.15, 0.2) is 54.6 Å². The van der Waals surface area contributed by atoms with E-state index in [-0.39, 0.29) is 0 Å². The second kappa shape index (κ2) is 5.68. The summed E-state index contributed by atoms with van der Waals surface area (Å²) in [6, 6.07) is 20.4. The molecule has 20 heavy (non-hydrogen) atoms. The zero-order valence-corrected chi connectivity index (χ0v) is 12.2. The minimum absolute atomic E-state index is 0.542. The first-order valence-electron chi connectivity index (χ1n) is 7.35. The Bertz CT molecular complexity index is 555. The Kier molecular flexibility index (Phi) is 3.75. The van der Waals surface area contributed by atoms with Crippen molar-refractivity contribution in [3.63, 3.8) is 0 Å². The van der Waals surface area contributed by atoms with Gasteiger partial charge in [0.1, 0.15) is 0 Å². The smallest absolute Gasteiger partial charge is 0.0422 e. The Morgan fingerprint density at radius 2 is 1.70 bits per heavy atom. The predicted molar refractivity (Wildman–Crippen MR) is 86.0 cm³/mol. The van der Waals surface area contributed by atoms with Crippen LogP contribution in [0.4, 0.5) is 5.69 Å². The van der Waals surface area contributed by atoms with Gasteiger partial charge in [-0.1, -0.05) is 48.5 Å². The zero-order chi connectivity index (χ0) is 13.9. The van der Waals surface area contributed by atoms with E-state index in [4.69, 9.17) is 0 Å². The van der Waals surface area contributed by atoms with Crippen molar-refractivity contribution in [2.24, 2.45) is 0 Å². The van der Waals surface area contributed by atoms with Gasteiger partial charge in [0.05, 0.1) is 0 Å². The lowest BCUT2D eigenvalue weighted by Gasteiger charge is -2.17. The van der Waals surface area contributed by atoms with Crippen LogP contribution in [0.2, 0.25) is 0 Å². The van der Waals surface area contributed by atoms with Gasteiger partial charge in [-0.3, -0.25) is 0 Å². The maximum absolute atomic E-state index is 3.73. The summed E-state index contributed by atoms with van der Waals surface area (Å²) in [4.78, 5) is 2.42. The fourth-order valence-corrected chi connectivity index (χ4v) is 3.00. The number of hydrogen-bond donors (Lipinski definition) is 1. The third kappa shape index (κ3) is 2.70. The summed E-state index contributed by atoms with van der Waals surface area (Å²) in [6.45, 7) is 3.41. The Balaban J connectivity index is 1.84. The molecule has 2 heteroatoms. The lowest BCUT2D eigenvalue weighted by atomic mass is 10.0. The van der Waals surface area contributed by atoms with Gasteiger partial charge in [-0.2, -0.15) is 0 Å². The van der Waals surface area contributed by atoms with Gasteiger partial charge >= 0.3 is 0 Å². The molecule has 3 rings (SSSR count). The third-order valence-electron chi connectivity index (χ3n) is 4.26. The van der Waals surface area contributed by atoms with Crippen molar-refractivity contribution in [3.05, 3.63) is 54.6 Å². The molecule has 2 atom stereocenters. The number of likely N-dealkylation sites (tertiary alicyclic amines) is 1. The second-order valence-corrected chi connectivity index (χ2v) is 5.78. The summed E-state index contributed by atoms with van der Waals surface area (Å²) in [5.74, 6) is 0. The highest BCUT2D eigenvalue weighted by Crippen LogP contribution is 2.29. The predicted octanol–water partition coefficient (Wildman–Crippen LogP) is 3.86. The van der Waals surface area contributed by atoms with Gasteiger partial charge < -0.3 is 10.2 Å². The van der Waals surface area contributed by atoms with E-state index in [0.717, 1.165) is 6.54 Å². The van der Waals surface area contributed by atoms with E-state index < -0.39 is 0 Å². The molecule has 1 aliphatic heterocycles. The molecular formula is C18H22N2. The number of likely N-dealkylation sites (N-methyl/N-ethyl adjacent to an activating group) is 1. The fourth-order valence-electron chi connectivity index (χ4n) is 3.00. The molecule has 2 nitrogen and oxygen atoms in total. The van der Waals surface area contributed by atoms with Crippen molar-refractivity contribution in [3.8, 4) is 11.1 Å². The van der Waals surface area contributed by atoms with E-state index in [2.05, 4.69) is 78.8 Å². The molecule has 0 saturated carbocycles. The molecule has 2 aromatic rings. The number of nitrogens with one attached hydrogen (secondary N) is 1. The lowest BCUT2D eigenvalue weighted by molar-refractivity contribution is 0.330. The summed E-state index contributed by atoms with van der Waals surface area (Å²) in [6.07, 6.45) is 1.21. The summed E-state index contributed by atoms with van der Waals surface area (Å²) >= 11 is 0. The number of nitrogens with zero attached hydrogens (tertiary/aromatic N) is 1. The molecule has 2 unspecified atom stereocenters. The monoisotopic (exact) mass is 266 g/mol. The van der Waals surface area contributed by atoms with Gasteiger partial charge in [0.25, 0.3) is 0 Å².